The Kier molecular flexibility index (Phi) is 2.64. The van der Waals surface area contributed by atoms with Crippen molar-refractivity contribution >= 4 is 0 Å². The smallest absolute Gasteiger partial charge is 0.327 e. The van der Waals surface area contributed by atoms with E-state index in [0.29, 0.717) is 18.3 Å². The van der Waals surface area contributed by atoms with Crippen LogP contribution in [-0.4, -0.2) is 24.3 Å². The second kappa shape index (κ2) is 3.96. The second-order valence-corrected chi connectivity index (χ2v) is 4.07. The van der Waals surface area contributed by atoms with Crippen LogP contribution in [0.2, 0.25) is 0 Å². The molecule has 16 heavy (non-hydrogen) atoms. The number of nitrogens with zero attached hydrogens (tertiary/aromatic N) is 4. The molecule has 0 aliphatic rings. The quantitative estimate of drug-likeness (QED) is 0.819. The van der Waals surface area contributed by atoms with Gasteiger partial charge in [0.1, 0.15) is 5.82 Å². The average molecular weight is 221 g/mol. The van der Waals surface area contributed by atoms with Crippen molar-refractivity contribution in [3.63, 3.8) is 0 Å². The molecule has 0 unspecified atom stereocenters. The average Bonchev–Trinajstić information content (AvgIpc) is 2.75. The molecule has 0 saturated carbocycles. The molecule has 1 N–H and O–H groups in total. The lowest BCUT2D eigenvalue weighted by molar-refractivity contribution is 0.640. The molecule has 2 aromatic heterocycles. The van der Waals surface area contributed by atoms with Crippen molar-refractivity contribution in [1.82, 2.24) is 24.3 Å². The van der Waals surface area contributed by atoms with Crippen molar-refractivity contribution in [3.05, 3.63) is 34.5 Å². The molecular formula is C10H15N5O. The highest BCUT2D eigenvalue weighted by molar-refractivity contribution is 5.00. The first kappa shape index (κ1) is 10.7. The summed E-state index contributed by atoms with van der Waals surface area (Å²) in [5, 5.41) is 4.09. The lowest BCUT2D eigenvalue weighted by Gasteiger charge is -2.07. The van der Waals surface area contributed by atoms with Crippen LogP contribution < -0.4 is 5.69 Å². The fraction of sp³-hybridized carbons (Fsp3) is 0.500. The van der Waals surface area contributed by atoms with Crippen LogP contribution in [-0.2, 0) is 13.6 Å². The SMILES string of the molecule is CC(C)c1nccn1Cc1nn(C)c(=O)[nH]1. The van der Waals surface area contributed by atoms with Crippen LogP contribution in [0.25, 0.3) is 0 Å². The van der Waals surface area contributed by atoms with Crippen molar-refractivity contribution in [3.8, 4) is 0 Å². The molecule has 2 aromatic rings. The van der Waals surface area contributed by atoms with Crippen molar-refractivity contribution in [1.29, 1.82) is 0 Å². The van der Waals surface area contributed by atoms with Crippen LogP contribution in [0.1, 0.15) is 31.4 Å². The molecule has 0 bridgehead atoms. The lowest BCUT2D eigenvalue weighted by Crippen LogP contribution is -2.13. The van der Waals surface area contributed by atoms with E-state index in [0.717, 1.165) is 5.82 Å². The van der Waals surface area contributed by atoms with Crippen molar-refractivity contribution in [2.75, 3.05) is 0 Å². The minimum Gasteiger partial charge on any atom is -0.327 e. The van der Waals surface area contributed by atoms with E-state index in [-0.39, 0.29) is 5.69 Å². The van der Waals surface area contributed by atoms with Crippen LogP contribution in [0, 0.1) is 0 Å². The third-order valence-electron chi connectivity index (χ3n) is 2.40. The Bertz CT molecular complexity index is 533. The molecule has 0 aliphatic carbocycles. The summed E-state index contributed by atoms with van der Waals surface area (Å²) in [7, 11) is 1.62. The first-order valence-corrected chi connectivity index (χ1v) is 5.21. The van der Waals surface area contributed by atoms with Gasteiger partial charge in [-0.2, -0.15) is 5.10 Å². The molecule has 0 aromatic carbocycles. The highest BCUT2D eigenvalue weighted by Crippen LogP contribution is 2.12. The first-order chi connectivity index (χ1) is 7.58. The van der Waals surface area contributed by atoms with E-state index >= 15 is 0 Å². The van der Waals surface area contributed by atoms with E-state index in [4.69, 9.17) is 0 Å². The minimum atomic E-state index is -0.193. The third kappa shape index (κ3) is 1.91. The first-order valence-electron chi connectivity index (χ1n) is 5.21. The van der Waals surface area contributed by atoms with Crippen LogP contribution in [0.15, 0.2) is 17.2 Å². The molecule has 0 amide bonds. The van der Waals surface area contributed by atoms with Crippen LogP contribution >= 0.6 is 0 Å². The largest absolute Gasteiger partial charge is 0.343 e. The van der Waals surface area contributed by atoms with E-state index in [2.05, 4.69) is 28.9 Å². The number of hydrogen-bond donors (Lipinski definition) is 1. The highest BCUT2D eigenvalue weighted by atomic mass is 16.1. The fourth-order valence-electron chi connectivity index (χ4n) is 1.64. The summed E-state index contributed by atoms with van der Waals surface area (Å²) in [6.45, 7) is 4.71. The van der Waals surface area contributed by atoms with Gasteiger partial charge in [0.25, 0.3) is 0 Å². The second-order valence-electron chi connectivity index (χ2n) is 4.07. The van der Waals surface area contributed by atoms with Gasteiger partial charge in [-0.05, 0) is 0 Å². The predicted octanol–water partition coefficient (Wildman–Crippen LogP) is 0.477. The van der Waals surface area contributed by atoms with E-state index < -0.39 is 0 Å². The van der Waals surface area contributed by atoms with Gasteiger partial charge in [-0.15, -0.1) is 0 Å². The van der Waals surface area contributed by atoms with Gasteiger partial charge in [0, 0.05) is 25.4 Å². The molecule has 0 fully saturated rings. The zero-order chi connectivity index (χ0) is 11.7. The predicted molar refractivity (Wildman–Crippen MR) is 59.2 cm³/mol. The molecule has 0 aliphatic heterocycles. The Morgan fingerprint density at radius 1 is 1.50 bits per heavy atom. The summed E-state index contributed by atoms with van der Waals surface area (Å²) >= 11 is 0. The van der Waals surface area contributed by atoms with Gasteiger partial charge in [-0.25, -0.2) is 14.5 Å². The lowest BCUT2D eigenvalue weighted by atomic mass is 10.2. The fourth-order valence-corrected chi connectivity index (χ4v) is 1.64. The van der Waals surface area contributed by atoms with E-state index in [9.17, 15) is 4.79 Å². The number of aryl methyl sites for hydroxylation is 1. The molecule has 6 heteroatoms. The maximum atomic E-state index is 11.2. The number of rotatable bonds is 3. The number of H-pyrrole nitrogens is 1. The monoisotopic (exact) mass is 221 g/mol. The van der Waals surface area contributed by atoms with Crippen LogP contribution in [0.3, 0.4) is 0 Å². The molecule has 0 radical (unpaired) electrons. The summed E-state index contributed by atoms with van der Waals surface area (Å²) in [4.78, 5) is 18.2. The summed E-state index contributed by atoms with van der Waals surface area (Å²) < 4.78 is 3.28. The van der Waals surface area contributed by atoms with Crippen LogP contribution in [0.4, 0.5) is 0 Å². The van der Waals surface area contributed by atoms with Gasteiger partial charge in [0.2, 0.25) is 0 Å². The Hall–Kier alpha value is -1.85. The van der Waals surface area contributed by atoms with Crippen molar-refractivity contribution in [2.24, 2.45) is 7.05 Å². The number of nitrogens with one attached hydrogen (secondary N) is 1. The maximum Gasteiger partial charge on any atom is 0.343 e. The van der Waals surface area contributed by atoms with Crippen molar-refractivity contribution in [2.45, 2.75) is 26.3 Å². The summed E-state index contributed by atoms with van der Waals surface area (Å²) in [6.07, 6.45) is 3.65. The number of hydrogen-bond acceptors (Lipinski definition) is 3. The van der Waals surface area contributed by atoms with Gasteiger partial charge in [0.15, 0.2) is 5.82 Å². The maximum absolute atomic E-state index is 11.2. The van der Waals surface area contributed by atoms with Gasteiger partial charge in [-0.3, -0.25) is 4.98 Å². The summed E-state index contributed by atoms with van der Waals surface area (Å²) in [5.41, 5.74) is -0.193. The molecule has 0 saturated heterocycles. The Labute approximate surface area is 92.9 Å². The van der Waals surface area contributed by atoms with E-state index in [1.54, 1.807) is 13.2 Å². The highest BCUT2D eigenvalue weighted by Gasteiger charge is 2.09. The van der Waals surface area contributed by atoms with Crippen molar-refractivity contribution < 1.29 is 0 Å². The van der Waals surface area contributed by atoms with Gasteiger partial charge < -0.3 is 4.57 Å². The molecule has 86 valence electrons. The zero-order valence-electron chi connectivity index (χ0n) is 9.64. The molecule has 0 atom stereocenters. The summed E-state index contributed by atoms with van der Waals surface area (Å²) in [5.74, 6) is 1.99. The molecule has 2 rings (SSSR count). The molecule has 2 heterocycles. The van der Waals surface area contributed by atoms with Gasteiger partial charge in [0.05, 0.1) is 6.54 Å². The van der Waals surface area contributed by atoms with Gasteiger partial charge in [-0.1, -0.05) is 13.8 Å². The number of aromatic nitrogens is 5. The molecule has 0 spiro atoms. The topological polar surface area (TPSA) is 68.5 Å². The van der Waals surface area contributed by atoms with E-state index in [1.165, 1.54) is 4.68 Å². The third-order valence-corrected chi connectivity index (χ3v) is 2.40. The minimum absolute atomic E-state index is 0.193. The Morgan fingerprint density at radius 2 is 2.25 bits per heavy atom. The molecular weight excluding hydrogens is 206 g/mol. The standard InChI is InChI=1S/C10H15N5O/c1-7(2)9-11-4-5-15(9)6-8-12-10(16)14(3)13-8/h4-5,7H,6H2,1-3H3,(H,12,13,16). The van der Waals surface area contributed by atoms with Gasteiger partial charge >= 0.3 is 5.69 Å². The van der Waals surface area contributed by atoms with Crippen LogP contribution in [0.5, 0.6) is 0 Å². The zero-order valence-corrected chi connectivity index (χ0v) is 9.64. The Balaban J connectivity index is 2.27. The summed E-state index contributed by atoms with van der Waals surface area (Å²) in [6, 6.07) is 0. The number of aromatic amines is 1. The van der Waals surface area contributed by atoms with E-state index in [1.807, 2.05) is 10.8 Å². The Morgan fingerprint density at radius 3 is 2.81 bits per heavy atom. The molecule has 6 nitrogen and oxygen atoms in total. The normalized spacial score (nSPS) is 11.2. The number of imidazole rings is 1.